The number of benzene rings is 2. The molecule has 0 saturated carbocycles. The van der Waals surface area contributed by atoms with Crippen molar-refractivity contribution in [2.24, 2.45) is 0 Å². The van der Waals surface area contributed by atoms with Gasteiger partial charge in [-0.25, -0.2) is 0 Å². The summed E-state index contributed by atoms with van der Waals surface area (Å²) in [4.78, 5) is 4.50. The normalized spacial score (nSPS) is 15.5. The van der Waals surface area contributed by atoms with Crippen molar-refractivity contribution < 1.29 is 4.74 Å². The van der Waals surface area contributed by atoms with E-state index in [0.717, 1.165) is 21.3 Å². The van der Waals surface area contributed by atoms with Crippen LogP contribution in [-0.4, -0.2) is 21.4 Å². The lowest BCUT2D eigenvalue weighted by atomic mass is 10.1. The minimum absolute atomic E-state index is 0.355. The molecule has 0 bridgehead atoms. The third kappa shape index (κ3) is 2.85. The standard InChI is InChI=1S/C17H13BrN4OS/c1-24-17-20-16-14(21-22-17)12-4-2-3-5-13(12)19-15(23-16)10-6-8-11(18)9-7-10/h2-9,15,19H,1H3/t15-/m1/s1. The van der Waals surface area contributed by atoms with Crippen molar-refractivity contribution in [3.05, 3.63) is 58.6 Å². The van der Waals surface area contributed by atoms with Gasteiger partial charge in [-0.05, 0) is 24.5 Å². The second-order valence-electron chi connectivity index (χ2n) is 5.19. The van der Waals surface area contributed by atoms with E-state index in [1.54, 1.807) is 0 Å². The summed E-state index contributed by atoms with van der Waals surface area (Å²) in [5.74, 6) is 0.486. The quantitative estimate of drug-likeness (QED) is 0.637. The van der Waals surface area contributed by atoms with E-state index in [0.29, 0.717) is 16.7 Å². The zero-order valence-electron chi connectivity index (χ0n) is 12.7. The minimum Gasteiger partial charge on any atom is -0.448 e. The van der Waals surface area contributed by atoms with Gasteiger partial charge < -0.3 is 10.1 Å². The van der Waals surface area contributed by atoms with Crippen LogP contribution in [0.25, 0.3) is 11.3 Å². The SMILES string of the molecule is CSc1nnc2c(n1)O[C@H](c1ccc(Br)cc1)Nc1ccccc1-2. The highest BCUT2D eigenvalue weighted by atomic mass is 79.9. The third-order valence-electron chi connectivity index (χ3n) is 3.69. The van der Waals surface area contributed by atoms with Crippen LogP contribution in [0.15, 0.2) is 58.2 Å². The Kier molecular flexibility index (Phi) is 4.12. The van der Waals surface area contributed by atoms with Gasteiger partial charge in [0.15, 0.2) is 11.9 Å². The van der Waals surface area contributed by atoms with Crippen LogP contribution in [0.1, 0.15) is 11.8 Å². The number of fused-ring (bicyclic) bond motifs is 3. The van der Waals surface area contributed by atoms with E-state index in [1.807, 2.05) is 54.8 Å². The number of nitrogens with zero attached hydrogens (tertiary/aromatic N) is 3. The van der Waals surface area contributed by atoms with Crippen molar-refractivity contribution in [2.45, 2.75) is 11.4 Å². The highest BCUT2D eigenvalue weighted by Gasteiger charge is 2.25. The number of nitrogens with one attached hydrogen (secondary N) is 1. The average Bonchev–Trinajstić information content (AvgIpc) is 2.78. The fourth-order valence-corrected chi connectivity index (χ4v) is 3.08. The molecule has 0 spiro atoms. The van der Waals surface area contributed by atoms with Crippen molar-refractivity contribution in [3.63, 3.8) is 0 Å². The van der Waals surface area contributed by atoms with Crippen molar-refractivity contribution in [2.75, 3.05) is 11.6 Å². The molecule has 7 heteroatoms. The Hall–Kier alpha value is -2.12. The summed E-state index contributed by atoms with van der Waals surface area (Å²) in [6.07, 6.45) is 1.56. The maximum atomic E-state index is 6.15. The number of anilines is 1. The van der Waals surface area contributed by atoms with E-state index in [-0.39, 0.29) is 6.23 Å². The highest BCUT2D eigenvalue weighted by Crippen LogP contribution is 2.39. The van der Waals surface area contributed by atoms with Crippen molar-refractivity contribution >= 4 is 33.4 Å². The fourth-order valence-electron chi connectivity index (χ4n) is 2.52. The fraction of sp³-hybridized carbons (Fsp3) is 0.118. The van der Waals surface area contributed by atoms with Crippen molar-refractivity contribution in [3.8, 4) is 17.1 Å². The first-order valence-corrected chi connectivity index (χ1v) is 9.33. The van der Waals surface area contributed by atoms with Crippen LogP contribution in [0.2, 0.25) is 0 Å². The van der Waals surface area contributed by atoms with Gasteiger partial charge in [-0.2, -0.15) is 4.98 Å². The third-order valence-corrected chi connectivity index (χ3v) is 4.76. The van der Waals surface area contributed by atoms with Crippen LogP contribution in [0.5, 0.6) is 5.88 Å². The molecule has 2 heterocycles. The number of aromatic nitrogens is 3. The molecule has 120 valence electrons. The van der Waals surface area contributed by atoms with E-state index in [2.05, 4.69) is 36.4 Å². The van der Waals surface area contributed by atoms with Gasteiger partial charge in [0.25, 0.3) is 0 Å². The molecular weight excluding hydrogens is 388 g/mol. The summed E-state index contributed by atoms with van der Waals surface area (Å²) in [5.41, 5.74) is 3.53. The summed E-state index contributed by atoms with van der Waals surface area (Å²) in [6.45, 7) is 0. The monoisotopic (exact) mass is 400 g/mol. The molecule has 2 aromatic carbocycles. The van der Waals surface area contributed by atoms with Gasteiger partial charge in [0.05, 0.1) is 0 Å². The molecule has 4 rings (SSSR count). The van der Waals surface area contributed by atoms with Crippen LogP contribution < -0.4 is 10.1 Å². The van der Waals surface area contributed by atoms with Gasteiger partial charge in [-0.1, -0.05) is 58.0 Å². The molecule has 0 amide bonds. The number of hydrogen-bond donors (Lipinski definition) is 1. The van der Waals surface area contributed by atoms with Crippen LogP contribution >= 0.6 is 27.7 Å². The lowest BCUT2D eigenvalue weighted by Gasteiger charge is -2.19. The summed E-state index contributed by atoms with van der Waals surface area (Å²) < 4.78 is 7.18. The largest absolute Gasteiger partial charge is 0.448 e. The van der Waals surface area contributed by atoms with E-state index in [1.165, 1.54) is 11.8 Å². The smallest absolute Gasteiger partial charge is 0.247 e. The van der Waals surface area contributed by atoms with Crippen molar-refractivity contribution in [1.29, 1.82) is 0 Å². The number of halogens is 1. The molecule has 24 heavy (non-hydrogen) atoms. The van der Waals surface area contributed by atoms with Crippen LogP contribution in [0.3, 0.4) is 0 Å². The Morgan fingerprint density at radius 2 is 1.88 bits per heavy atom. The zero-order valence-corrected chi connectivity index (χ0v) is 15.1. The van der Waals surface area contributed by atoms with Gasteiger partial charge >= 0.3 is 0 Å². The topological polar surface area (TPSA) is 59.9 Å². The first kappa shape index (κ1) is 15.4. The summed E-state index contributed by atoms with van der Waals surface area (Å²) in [7, 11) is 0. The minimum atomic E-state index is -0.355. The molecule has 0 saturated heterocycles. The Balaban J connectivity index is 1.85. The van der Waals surface area contributed by atoms with Crippen LogP contribution in [-0.2, 0) is 0 Å². The van der Waals surface area contributed by atoms with Crippen LogP contribution in [0, 0.1) is 0 Å². The molecule has 1 atom stereocenters. The zero-order chi connectivity index (χ0) is 16.5. The number of hydrogen-bond acceptors (Lipinski definition) is 6. The molecule has 1 aliphatic heterocycles. The van der Waals surface area contributed by atoms with E-state index in [4.69, 9.17) is 4.74 Å². The first-order valence-electron chi connectivity index (χ1n) is 7.31. The second kappa shape index (κ2) is 6.41. The van der Waals surface area contributed by atoms with Crippen molar-refractivity contribution in [1.82, 2.24) is 15.2 Å². The molecule has 0 unspecified atom stereocenters. The number of thioether (sulfide) groups is 1. The Morgan fingerprint density at radius 3 is 2.67 bits per heavy atom. The van der Waals surface area contributed by atoms with Gasteiger partial charge in [0, 0.05) is 21.3 Å². The summed E-state index contributed by atoms with van der Waals surface area (Å²) >= 11 is 4.90. The average molecular weight is 401 g/mol. The van der Waals surface area contributed by atoms with Gasteiger partial charge in [0.2, 0.25) is 11.0 Å². The first-order chi connectivity index (χ1) is 11.7. The lowest BCUT2D eigenvalue weighted by molar-refractivity contribution is 0.225. The number of ether oxygens (including phenoxy) is 1. The van der Waals surface area contributed by atoms with Gasteiger partial charge in [0.1, 0.15) is 0 Å². The Morgan fingerprint density at radius 1 is 1.08 bits per heavy atom. The molecular formula is C17H13BrN4OS. The van der Waals surface area contributed by atoms with E-state index >= 15 is 0 Å². The van der Waals surface area contributed by atoms with Crippen LogP contribution in [0.4, 0.5) is 5.69 Å². The predicted octanol–water partition coefficient (Wildman–Crippen LogP) is 4.53. The molecule has 1 N–H and O–H groups in total. The maximum Gasteiger partial charge on any atom is 0.247 e. The molecule has 0 fully saturated rings. The lowest BCUT2D eigenvalue weighted by Crippen LogP contribution is -2.17. The van der Waals surface area contributed by atoms with E-state index < -0.39 is 0 Å². The number of rotatable bonds is 2. The number of para-hydroxylation sites is 1. The molecule has 1 aromatic heterocycles. The molecule has 3 aromatic rings. The predicted molar refractivity (Wildman–Crippen MR) is 98.2 cm³/mol. The molecule has 0 radical (unpaired) electrons. The Labute approximate surface area is 152 Å². The van der Waals surface area contributed by atoms with Gasteiger partial charge in [-0.15, -0.1) is 10.2 Å². The molecule has 0 aliphatic carbocycles. The van der Waals surface area contributed by atoms with Gasteiger partial charge in [-0.3, -0.25) is 0 Å². The highest BCUT2D eigenvalue weighted by molar-refractivity contribution is 9.10. The molecule has 5 nitrogen and oxygen atoms in total. The molecule has 1 aliphatic rings. The second-order valence-corrected chi connectivity index (χ2v) is 6.88. The summed E-state index contributed by atoms with van der Waals surface area (Å²) in [6, 6.07) is 15.9. The summed E-state index contributed by atoms with van der Waals surface area (Å²) in [5, 5.41) is 12.5. The Bertz CT molecular complexity index is 888. The maximum absolute atomic E-state index is 6.15. The van der Waals surface area contributed by atoms with E-state index in [9.17, 15) is 0 Å².